The fourth-order valence-corrected chi connectivity index (χ4v) is 2.54. The number of methoxy groups -OCH3 is 1. The van der Waals surface area contributed by atoms with Crippen molar-refractivity contribution in [3.05, 3.63) is 71.5 Å². The van der Waals surface area contributed by atoms with E-state index in [0.717, 1.165) is 16.9 Å². The molecule has 0 saturated carbocycles. The first kappa shape index (κ1) is 17.4. The van der Waals surface area contributed by atoms with Crippen molar-refractivity contribution in [2.24, 2.45) is 0 Å². The van der Waals surface area contributed by atoms with Gasteiger partial charge in [-0.3, -0.25) is 0 Å². The number of benzene rings is 2. The van der Waals surface area contributed by atoms with Crippen molar-refractivity contribution < 1.29 is 9.53 Å². The second kappa shape index (κ2) is 7.65. The lowest BCUT2D eigenvalue weighted by atomic mass is 10.2. The second-order valence-corrected chi connectivity index (χ2v) is 5.82. The van der Waals surface area contributed by atoms with Gasteiger partial charge in [0.25, 0.3) is 0 Å². The first-order valence-electron chi connectivity index (χ1n) is 8.19. The molecule has 0 fully saturated rings. The van der Waals surface area contributed by atoms with Crippen LogP contribution in [-0.2, 0) is 4.74 Å². The highest BCUT2D eigenvalue weighted by Crippen LogP contribution is 2.22. The Labute approximate surface area is 152 Å². The van der Waals surface area contributed by atoms with Crippen LogP contribution in [0.5, 0.6) is 0 Å². The molecule has 6 nitrogen and oxygen atoms in total. The van der Waals surface area contributed by atoms with E-state index < -0.39 is 0 Å². The van der Waals surface area contributed by atoms with Gasteiger partial charge in [-0.05, 0) is 43.7 Å². The summed E-state index contributed by atoms with van der Waals surface area (Å²) in [7, 11) is 1.36. The first-order chi connectivity index (χ1) is 12.5. The summed E-state index contributed by atoms with van der Waals surface area (Å²) in [6.07, 6.45) is 0. The van der Waals surface area contributed by atoms with E-state index in [1.807, 2.05) is 50.2 Å². The smallest absolute Gasteiger partial charge is 0.337 e. The molecule has 1 heterocycles. The molecular weight excluding hydrogens is 328 g/mol. The summed E-state index contributed by atoms with van der Waals surface area (Å²) in [4.78, 5) is 20.5. The lowest BCUT2D eigenvalue weighted by Crippen LogP contribution is -2.04. The number of aryl methyl sites for hydroxylation is 2. The van der Waals surface area contributed by atoms with Gasteiger partial charge in [-0.2, -0.15) is 0 Å². The van der Waals surface area contributed by atoms with E-state index in [1.54, 1.807) is 18.2 Å². The van der Waals surface area contributed by atoms with Crippen LogP contribution in [0.25, 0.3) is 0 Å². The number of rotatable bonds is 5. The molecule has 26 heavy (non-hydrogen) atoms. The number of esters is 1. The van der Waals surface area contributed by atoms with Gasteiger partial charge in [0, 0.05) is 17.4 Å². The summed E-state index contributed by atoms with van der Waals surface area (Å²) in [5.74, 6) is 1.58. The third-order valence-electron chi connectivity index (χ3n) is 3.80. The summed E-state index contributed by atoms with van der Waals surface area (Å²) in [5, 5.41) is 6.52. The summed E-state index contributed by atoms with van der Waals surface area (Å²) in [6, 6.07) is 16.9. The van der Waals surface area contributed by atoms with E-state index in [1.165, 1.54) is 7.11 Å². The monoisotopic (exact) mass is 348 g/mol. The predicted octanol–water partition coefficient (Wildman–Crippen LogP) is 4.37. The molecule has 2 N–H and O–H groups in total. The number of nitrogens with zero attached hydrogens (tertiary/aromatic N) is 2. The van der Waals surface area contributed by atoms with Gasteiger partial charge < -0.3 is 15.4 Å². The van der Waals surface area contributed by atoms with Crippen molar-refractivity contribution in [3.8, 4) is 0 Å². The Hall–Kier alpha value is -3.41. The number of hydrogen-bond acceptors (Lipinski definition) is 6. The highest BCUT2D eigenvalue weighted by molar-refractivity contribution is 5.90. The van der Waals surface area contributed by atoms with E-state index in [4.69, 9.17) is 4.74 Å². The minimum Gasteiger partial charge on any atom is -0.465 e. The Morgan fingerprint density at radius 3 is 2.38 bits per heavy atom. The average Bonchev–Trinajstić information content (AvgIpc) is 2.63. The molecule has 0 aliphatic carbocycles. The Kier molecular flexibility index (Phi) is 5.12. The third kappa shape index (κ3) is 4.16. The van der Waals surface area contributed by atoms with E-state index in [-0.39, 0.29) is 5.97 Å². The van der Waals surface area contributed by atoms with Crippen molar-refractivity contribution in [3.63, 3.8) is 0 Å². The van der Waals surface area contributed by atoms with Crippen molar-refractivity contribution in [1.29, 1.82) is 0 Å². The van der Waals surface area contributed by atoms with Crippen LogP contribution < -0.4 is 10.6 Å². The minimum atomic E-state index is -0.380. The lowest BCUT2D eigenvalue weighted by molar-refractivity contribution is 0.0601. The Bertz CT molecular complexity index is 941. The number of anilines is 4. The quantitative estimate of drug-likeness (QED) is 0.667. The molecule has 0 radical (unpaired) electrons. The molecule has 1 aromatic heterocycles. The molecule has 6 heteroatoms. The molecule has 0 amide bonds. The topological polar surface area (TPSA) is 76.1 Å². The Morgan fingerprint density at radius 2 is 1.65 bits per heavy atom. The maximum atomic E-state index is 11.7. The second-order valence-electron chi connectivity index (χ2n) is 5.82. The molecule has 132 valence electrons. The van der Waals surface area contributed by atoms with Gasteiger partial charge in [0.15, 0.2) is 0 Å². The zero-order valence-electron chi connectivity index (χ0n) is 14.9. The summed E-state index contributed by atoms with van der Waals surface area (Å²) in [6.45, 7) is 3.87. The first-order valence-corrected chi connectivity index (χ1v) is 8.19. The van der Waals surface area contributed by atoms with Gasteiger partial charge in [0.05, 0.1) is 12.7 Å². The maximum Gasteiger partial charge on any atom is 0.337 e. The number of para-hydroxylation sites is 1. The van der Waals surface area contributed by atoms with Crippen LogP contribution in [0.15, 0.2) is 54.6 Å². The molecule has 3 rings (SSSR count). The van der Waals surface area contributed by atoms with E-state index in [0.29, 0.717) is 23.0 Å². The summed E-state index contributed by atoms with van der Waals surface area (Å²) >= 11 is 0. The van der Waals surface area contributed by atoms with Crippen molar-refractivity contribution in [2.45, 2.75) is 13.8 Å². The van der Waals surface area contributed by atoms with E-state index in [2.05, 4.69) is 20.6 Å². The molecule has 0 aliphatic rings. The van der Waals surface area contributed by atoms with Crippen LogP contribution in [0.2, 0.25) is 0 Å². The molecule has 0 atom stereocenters. The highest BCUT2D eigenvalue weighted by atomic mass is 16.5. The highest BCUT2D eigenvalue weighted by Gasteiger charge is 2.08. The van der Waals surface area contributed by atoms with Crippen LogP contribution in [0.3, 0.4) is 0 Å². The van der Waals surface area contributed by atoms with Crippen LogP contribution in [0.4, 0.5) is 23.0 Å². The third-order valence-corrected chi connectivity index (χ3v) is 3.80. The SMILES string of the molecule is COC(=O)c1cccc(Nc2cc(Nc3ccccc3C)nc(C)n2)c1. The van der Waals surface area contributed by atoms with E-state index in [9.17, 15) is 4.79 Å². The predicted molar refractivity (Wildman–Crippen MR) is 102 cm³/mol. The molecule has 0 aliphatic heterocycles. The fourth-order valence-electron chi connectivity index (χ4n) is 2.54. The number of carbonyl (C=O) groups excluding carboxylic acids is 1. The van der Waals surface area contributed by atoms with Crippen molar-refractivity contribution in [2.75, 3.05) is 17.7 Å². The van der Waals surface area contributed by atoms with Gasteiger partial charge in [0.1, 0.15) is 17.5 Å². The van der Waals surface area contributed by atoms with Crippen LogP contribution in [0.1, 0.15) is 21.7 Å². The van der Waals surface area contributed by atoms with Crippen molar-refractivity contribution >= 4 is 29.0 Å². The number of ether oxygens (including phenoxy) is 1. The standard InChI is InChI=1S/C20H20N4O2/c1-13-7-4-5-10-17(13)24-19-12-18(21-14(2)22-19)23-16-9-6-8-15(11-16)20(25)26-3/h4-12H,1-3H3,(H2,21,22,23,24). The number of nitrogens with one attached hydrogen (secondary N) is 2. The van der Waals surface area contributed by atoms with Gasteiger partial charge >= 0.3 is 5.97 Å². The molecule has 0 unspecified atom stereocenters. The van der Waals surface area contributed by atoms with Gasteiger partial charge in [-0.1, -0.05) is 24.3 Å². The Balaban J connectivity index is 1.84. The zero-order chi connectivity index (χ0) is 18.5. The molecule has 3 aromatic rings. The maximum absolute atomic E-state index is 11.7. The summed E-state index contributed by atoms with van der Waals surface area (Å²) < 4.78 is 4.75. The molecule has 2 aromatic carbocycles. The minimum absolute atomic E-state index is 0.380. The average molecular weight is 348 g/mol. The van der Waals surface area contributed by atoms with Crippen molar-refractivity contribution in [1.82, 2.24) is 9.97 Å². The van der Waals surface area contributed by atoms with E-state index >= 15 is 0 Å². The van der Waals surface area contributed by atoms with Gasteiger partial charge in [-0.15, -0.1) is 0 Å². The van der Waals surface area contributed by atoms with Crippen LogP contribution >= 0.6 is 0 Å². The van der Waals surface area contributed by atoms with Gasteiger partial charge in [0.2, 0.25) is 0 Å². The van der Waals surface area contributed by atoms with Crippen LogP contribution in [0, 0.1) is 13.8 Å². The van der Waals surface area contributed by atoms with Crippen LogP contribution in [-0.4, -0.2) is 23.0 Å². The zero-order valence-corrected chi connectivity index (χ0v) is 14.9. The molecule has 0 saturated heterocycles. The Morgan fingerprint density at radius 1 is 0.923 bits per heavy atom. The summed E-state index contributed by atoms with van der Waals surface area (Å²) in [5.41, 5.74) is 3.34. The number of hydrogen-bond donors (Lipinski definition) is 2. The van der Waals surface area contributed by atoms with Gasteiger partial charge in [-0.25, -0.2) is 14.8 Å². The molecule has 0 bridgehead atoms. The normalized spacial score (nSPS) is 10.3. The lowest BCUT2D eigenvalue weighted by Gasteiger charge is -2.12. The number of aromatic nitrogens is 2. The fraction of sp³-hybridized carbons (Fsp3) is 0.150. The molecular formula is C20H20N4O2. The number of carbonyl (C=O) groups is 1. The largest absolute Gasteiger partial charge is 0.465 e. The molecule has 0 spiro atoms.